The summed E-state index contributed by atoms with van der Waals surface area (Å²) in [4.78, 5) is 2.33. The first kappa shape index (κ1) is 13.4. The van der Waals surface area contributed by atoms with Gasteiger partial charge in [0.1, 0.15) is 5.75 Å². The summed E-state index contributed by atoms with van der Waals surface area (Å²) in [6.45, 7) is 6.98. The normalized spacial score (nSPS) is 14.7. The molecule has 1 aromatic carbocycles. The minimum absolute atomic E-state index is 0.0833. The second kappa shape index (κ2) is 5.29. The molecule has 1 aliphatic rings. The summed E-state index contributed by atoms with van der Waals surface area (Å²) in [5.41, 5.74) is 8.63. The summed E-state index contributed by atoms with van der Waals surface area (Å²) in [6.07, 6.45) is 2.06. The Bertz CT molecular complexity index is 409. The van der Waals surface area contributed by atoms with Crippen LogP contribution in [0, 0.1) is 0 Å². The van der Waals surface area contributed by atoms with Crippen LogP contribution in [-0.4, -0.2) is 30.6 Å². The van der Waals surface area contributed by atoms with Crippen molar-refractivity contribution < 1.29 is 4.74 Å². The van der Waals surface area contributed by atoms with Gasteiger partial charge >= 0.3 is 0 Å². The van der Waals surface area contributed by atoms with Crippen LogP contribution < -0.4 is 10.5 Å². The van der Waals surface area contributed by atoms with E-state index in [4.69, 9.17) is 10.5 Å². The number of hydrogen-bond acceptors (Lipinski definition) is 3. The number of ether oxygens (including phenoxy) is 1. The maximum absolute atomic E-state index is 6.01. The lowest BCUT2D eigenvalue weighted by atomic mass is 10.0. The molecule has 0 fully saturated rings. The van der Waals surface area contributed by atoms with E-state index in [0.29, 0.717) is 0 Å². The van der Waals surface area contributed by atoms with Gasteiger partial charge in [0.25, 0.3) is 0 Å². The Morgan fingerprint density at radius 2 is 2.17 bits per heavy atom. The van der Waals surface area contributed by atoms with Crippen LogP contribution in [0.4, 0.5) is 0 Å². The van der Waals surface area contributed by atoms with Crippen molar-refractivity contribution in [1.29, 1.82) is 0 Å². The van der Waals surface area contributed by atoms with E-state index in [-0.39, 0.29) is 5.54 Å². The first-order valence-corrected chi connectivity index (χ1v) is 6.66. The molecule has 0 bridgehead atoms. The van der Waals surface area contributed by atoms with Gasteiger partial charge in [0.05, 0.1) is 6.61 Å². The van der Waals surface area contributed by atoms with Crippen LogP contribution in [-0.2, 0) is 13.0 Å². The SMILES string of the molecule is CN(CCC(C)(C)N)Cc1ccc2c(c1)CCO2. The van der Waals surface area contributed by atoms with E-state index in [0.717, 1.165) is 38.3 Å². The number of hydrogen-bond donors (Lipinski definition) is 1. The van der Waals surface area contributed by atoms with Crippen LogP contribution in [0.25, 0.3) is 0 Å². The Balaban J connectivity index is 1.89. The van der Waals surface area contributed by atoms with E-state index in [1.807, 2.05) is 0 Å². The molecular formula is C15H24N2O. The molecule has 0 saturated heterocycles. The Morgan fingerprint density at radius 3 is 2.89 bits per heavy atom. The zero-order valence-corrected chi connectivity index (χ0v) is 11.7. The standard InChI is InChI=1S/C15H24N2O/c1-15(2,16)7-8-17(3)11-12-4-5-14-13(10-12)6-9-18-14/h4-5,10H,6-9,11,16H2,1-3H3. The topological polar surface area (TPSA) is 38.5 Å². The molecule has 3 nitrogen and oxygen atoms in total. The zero-order chi connectivity index (χ0) is 13.2. The van der Waals surface area contributed by atoms with Crippen LogP contribution in [0.15, 0.2) is 18.2 Å². The maximum Gasteiger partial charge on any atom is 0.122 e. The van der Waals surface area contributed by atoms with Gasteiger partial charge < -0.3 is 15.4 Å². The molecule has 3 heteroatoms. The van der Waals surface area contributed by atoms with Gasteiger partial charge in [0.15, 0.2) is 0 Å². The van der Waals surface area contributed by atoms with E-state index < -0.39 is 0 Å². The number of fused-ring (bicyclic) bond motifs is 1. The lowest BCUT2D eigenvalue weighted by Gasteiger charge is -2.23. The fraction of sp³-hybridized carbons (Fsp3) is 0.600. The zero-order valence-electron chi connectivity index (χ0n) is 11.7. The average Bonchev–Trinajstić information content (AvgIpc) is 2.72. The van der Waals surface area contributed by atoms with Crippen molar-refractivity contribution in [3.8, 4) is 5.75 Å². The predicted molar refractivity (Wildman–Crippen MR) is 74.9 cm³/mol. The number of benzene rings is 1. The minimum atomic E-state index is -0.0833. The lowest BCUT2D eigenvalue weighted by molar-refractivity contribution is 0.289. The molecule has 0 atom stereocenters. The van der Waals surface area contributed by atoms with Crippen molar-refractivity contribution >= 4 is 0 Å². The van der Waals surface area contributed by atoms with E-state index in [1.165, 1.54) is 11.1 Å². The molecule has 1 aliphatic heterocycles. The second-order valence-corrected chi connectivity index (χ2v) is 6.02. The van der Waals surface area contributed by atoms with Gasteiger partial charge in [-0.05, 0) is 51.1 Å². The molecule has 0 unspecified atom stereocenters. The number of nitrogens with zero attached hydrogens (tertiary/aromatic N) is 1. The van der Waals surface area contributed by atoms with Crippen molar-refractivity contribution in [2.75, 3.05) is 20.2 Å². The molecule has 2 rings (SSSR count). The molecule has 0 saturated carbocycles. The predicted octanol–water partition coefficient (Wildman–Crippen LogP) is 2.18. The van der Waals surface area contributed by atoms with E-state index in [2.05, 4.69) is 44.0 Å². The summed E-state index contributed by atoms with van der Waals surface area (Å²) in [5.74, 6) is 1.06. The number of rotatable bonds is 5. The van der Waals surface area contributed by atoms with E-state index >= 15 is 0 Å². The van der Waals surface area contributed by atoms with Crippen LogP contribution in [0.1, 0.15) is 31.4 Å². The van der Waals surface area contributed by atoms with Gasteiger partial charge in [0, 0.05) is 18.5 Å². The monoisotopic (exact) mass is 248 g/mol. The highest BCUT2D eigenvalue weighted by atomic mass is 16.5. The van der Waals surface area contributed by atoms with Gasteiger partial charge in [0.2, 0.25) is 0 Å². The van der Waals surface area contributed by atoms with Gasteiger partial charge in [-0.15, -0.1) is 0 Å². The Labute approximate surface area is 110 Å². The molecule has 1 heterocycles. The lowest BCUT2D eigenvalue weighted by Crippen LogP contribution is -2.36. The van der Waals surface area contributed by atoms with Gasteiger partial charge in [-0.1, -0.05) is 12.1 Å². The average molecular weight is 248 g/mol. The summed E-state index contributed by atoms with van der Waals surface area (Å²) in [6, 6.07) is 6.53. The molecule has 2 N–H and O–H groups in total. The first-order valence-electron chi connectivity index (χ1n) is 6.66. The highest BCUT2D eigenvalue weighted by Crippen LogP contribution is 2.26. The molecule has 0 aromatic heterocycles. The van der Waals surface area contributed by atoms with E-state index in [9.17, 15) is 0 Å². The van der Waals surface area contributed by atoms with Crippen molar-refractivity contribution in [3.63, 3.8) is 0 Å². The van der Waals surface area contributed by atoms with E-state index in [1.54, 1.807) is 0 Å². The largest absolute Gasteiger partial charge is 0.493 e. The third-order valence-electron chi connectivity index (χ3n) is 3.34. The Hall–Kier alpha value is -1.06. The highest BCUT2D eigenvalue weighted by Gasteiger charge is 2.14. The fourth-order valence-corrected chi connectivity index (χ4v) is 2.21. The van der Waals surface area contributed by atoms with Gasteiger partial charge in [-0.25, -0.2) is 0 Å². The minimum Gasteiger partial charge on any atom is -0.493 e. The summed E-state index contributed by atoms with van der Waals surface area (Å²) in [7, 11) is 2.15. The third kappa shape index (κ3) is 3.72. The maximum atomic E-state index is 6.01. The molecular weight excluding hydrogens is 224 g/mol. The molecule has 0 amide bonds. The highest BCUT2D eigenvalue weighted by molar-refractivity contribution is 5.39. The fourth-order valence-electron chi connectivity index (χ4n) is 2.21. The summed E-state index contributed by atoms with van der Waals surface area (Å²) >= 11 is 0. The Kier molecular flexibility index (Phi) is 3.93. The smallest absolute Gasteiger partial charge is 0.122 e. The van der Waals surface area contributed by atoms with Gasteiger partial charge in [-0.3, -0.25) is 0 Å². The molecule has 0 radical (unpaired) electrons. The van der Waals surface area contributed by atoms with Gasteiger partial charge in [-0.2, -0.15) is 0 Å². The second-order valence-electron chi connectivity index (χ2n) is 6.02. The van der Waals surface area contributed by atoms with Crippen LogP contribution in [0.2, 0.25) is 0 Å². The van der Waals surface area contributed by atoms with Crippen LogP contribution in [0.3, 0.4) is 0 Å². The molecule has 0 spiro atoms. The summed E-state index contributed by atoms with van der Waals surface area (Å²) in [5, 5.41) is 0. The van der Waals surface area contributed by atoms with Crippen LogP contribution in [0.5, 0.6) is 5.75 Å². The number of nitrogens with two attached hydrogens (primary N) is 1. The van der Waals surface area contributed by atoms with Crippen molar-refractivity contribution in [2.24, 2.45) is 5.73 Å². The molecule has 0 aliphatic carbocycles. The first-order chi connectivity index (χ1) is 8.44. The van der Waals surface area contributed by atoms with Crippen molar-refractivity contribution in [1.82, 2.24) is 4.90 Å². The van der Waals surface area contributed by atoms with Crippen LogP contribution >= 0.6 is 0 Å². The third-order valence-corrected chi connectivity index (χ3v) is 3.34. The quantitative estimate of drug-likeness (QED) is 0.868. The molecule has 100 valence electrons. The summed E-state index contributed by atoms with van der Waals surface area (Å²) < 4.78 is 5.52. The van der Waals surface area contributed by atoms with Crippen molar-refractivity contribution in [2.45, 2.75) is 38.8 Å². The van der Waals surface area contributed by atoms with Crippen molar-refractivity contribution in [3.05, 3.63) is 29.3 Å². The molecule has 1 aromatic rings. The Morgan fingerprint density at radius 1 is 1.39 bits per heavy atom. The molecule has 18 heavy (non-hydrogen) atoms.